The largest absolute Gasteiger partial charge is 0.481 e. The zero-order valence-corrected chi connectivity index (χ0v) is 10.0. The molecule has 0 aromatic rings. The monoisotopic (exact) mass is 240 g/mol. The molecule has 2 atom stereocenters. The molecule has 2 saturated heterocycles. The van der Waals surface area contributed by atoms with Crippen molar-refractivity contribution in [2.24, 2.45) is 5.92 Å². The molecule has 0 aromatic carbocycles. The Labute approximate surface area is 101 Å². The van der Waals surface area contributed by atoms with Crippen LogP contribution >= 0.6 is 0 Å². The standard InChI is InChI=1S/C12H20N2O3/c15-11(16)7-9-4-6-14(8-9)12(17)10-3-1-2-5-13-10/h9-10,13H,1-8H2,(H,15,16)/t9?,10-/m0/s1. The zero-order chi connectivity index (χ0) is 12.3. The van der Waals surface area contributed by atoms with Crippen molar-refractivity contribution in [1.82, 2.24) is 10.2 Å². The maximum absolute atomic E-state index is 12.1. The van der Waals surface area contributed by atoms with Gasteiger partial charge in [-0.05, 0) is 31.7 Å². The van der Waals surface area contributed by atoms with Gasteiger partial charge in [0.05, 0.1) is 6.04 Å². The van der Waals surface area contributed by atoms with Gasteiger partial charge in [-0.2, -0.15) is 0 Å². The summed E-state index contributed by atoms with van der Waals surface area (Å²) in [5.41, 5.74) is 0. The molecule has 96 valence electrons. The second-order valence-corrected chi connectivity index (χ2v) is 5.04. The fourth-order valence-electron chi connectivity index (χ4n) is 2.73. The summed E-state index contributed by atoms with van der Waals surface area (Å²) in [4.78, 5) is 24.6. The van der Waals surface area contributed by atoms with Crippen molar-refractivity contribution in [2.45, 2.75) is 38.1 Å². The number of nitrogens with zero attached hydrogens (tertiary/aromatic N) is 1. The predicted octanol–water partition coefficient (Wildman–Crippen LogP) is 0.452. The van der Waals surface area contributed by atoms with Gasteiger partial charge in [0.1, 0.15) is 0 Å². The summed E-state index contributed by atoms with van der Waals surface area (Å²) in [7, 11) is 0. The van der Waals surface area contributed by atoms with Crippen molar-refractivity contribution in [3.05, 3.63) is 0 Å². The molecule has 1 unspecified atom stereocenters. The van der Waals surface area contributed by atoms with E-state index in [1.807, 2.05) is 4.90 Å². The number of amides is 1. The van der Waals surface area contributed by atoms with Gasteiger partial charge in [-0.25, -0.2) is 0 Å². The lowest BCUT2D eigenvalue weighted by Crippen LogP contribution is -2.47. The number of carbonyl (C=O) groups is 2. The molecule has 1 amide bonds. The molecule has 0 radical (unpaired) electrons. The van der Waals surface area contributed by atoms with Crippen LogP contribution in [0.15, 0.2) is 0 Å². The van der Waals surface area contributed by atoms with Crippen molar-refractivity contribution in [2.75, 3.05) is 19.6 Å². The first kappa shape index (κ1) is 12.4. The molecule has 0 aromatic heterocycles. The van der Waals surface area contributed by atoms with Gasteiger partial charge in [0, 0.05) is 19.5 Å². The minimum atomic E-state index is -0.764. The first-order chi connectivity index (χ1) is 8.16. The molecule has 2 heterocycles. The van der Waals surface area contributed by atoms with Crippen LogP contribution in [0.2, 0.25) is 0 Å². The number of carboxylic acids is 1. The van der Waals surface area contributed by atoms with Gasteiger partial charge < -0.3 is 15.3 Å². The maximum Gasteiger partial charge on any atom is 0.303 e. The van der Waals surface area contributed by atoms with Crippen LogP contribution in [-0.4, -0.2) is 47.6 Å². The Balaban J connectivity index is 1.82. The summed E-state index contributed by atoms with van der Waals surface area (Å²) in [6, 6.07) is -0.0349. The van der Waals surface area contributed by atoms with Gasteiger partial charge in [0.2, 0.25) is 5.91 Å². The molecule has 17 heavy (non-hydrogen) atoms. The quantitative estimate of drug-likeness (QED) is 0.751. The molecular formula is C12H20N2O3. The lowest BCUT2D eigenvalue weighted by Gasteiger charge is -2.27. The summed E-state index contributed by atoms with van der Waals surface area (Å²) >= 11 is 0. The van der Waals surface area contributed by atoms with Crippen LogP contribution in [0.4, 0.5) is 0 Å². The van der Waals surface area contributed by atoms with Crippen molar-refractivity contribution in [1.29, 1.82) is 0 Å². The van der Waals surface area contributed by atoms with E-state index in [0.717, 1.165) is 38.8 Å². The molecule has 2 aliphatic heterocycles. The number of rotatable bonds is 3. The number of carbonyl (C=O) groups excluding carboxylic acids is 1. The fraction of sp³-hybridized carbons (Fsp3) is 0.833. The van der Waals surface area contributed by atoms with E-state index < -0.39 is 5.97 Å². The van der Waals surface area contributed by atoms with E-state index in [2.05, 4.69) is 5.32 Å². The van der Waals surface area contributed by atoms with E-state index in [0.29, 0.717) is 6.54 Å². The summed E-state index contributed by atoms with van der Waals surface area (Å²) in [5.74, 6) is -0.460. The molecule has 2 N–H and O–H groups in total. The Morgan fingerprint density at radius 3 is 2.76 bits per heavy atom. The average Bonchev–Trinajstić information content (AvgIpc) is 2.77. The van der Waals surface area contributed by atoms with Gasteiger partial charge in [0.15, 0.2) is 0 Å². The number of nitrogens with one attached hydrogen (secondary N) is 1. The van der Waals surface area contributed by atoms with Gasteiger partial charge in [-0.1, -0.05) is 6.42 Å². The number of likely N-dealkylation sites (tertiary alicyclic amines) is 1. The van der Waals surface area contributed by atoms with Gasteiger partial charge in [-0.3, -0.25) is 9.59 Å². The minimum Gasteiger partial charge on any atom is -0.481 e. The van der Waals surface area contributed by atoms with E-state index in [1.165, 1.54) is 0 Å². The van der Waals surface area contributed by atoms with Crippen LogP contribution in [0, 0.1) is 5.92 Å². The summed E-state index contributed by atoms with van der Waals surface area (Å²) in [5, 5.41) is 12.0. The Hall–Kier alpha value is -1.10. The maximum atomic E-state index is 12.1. The first-order valence-corrected chi connectivity index (χ1v) is 6.41. The third kappa shape index (κ3) is 3.19. The van der Waals surface area contributed by atoms with Crippen molar-refractivity contribution in [3.63, 3.8) is 0 Å². The van der Waals surface area contributed by atoms with Crippen molar-refractivity contribution < 1.29 is 14.7 Å². The minimum absolute atomic E-state index is 0.0349. The van der Waals surface area contributed by atoms with Crippen LogP contribution in [0.25, 0.3) is 0 Å². The fourth-order valence-corrected chi connectivity index (χ4v) is 2.73. The second kappa shape index (κ2) is 5.49. The Bertz CT molecular complexity index is 300. The molecule has 0 saturated carbocycles. The molecule has 2 aliphatic rings. The van der Waals surface area contributed by atoms with Crippen molar-refractivity contribution >= 4 is 11.9 Å². The van der Waals surface area contributed by atoms with Gasteiger partial charge >= 0.3 is 5.97 Å². The normalized spacial score (nSPS) is 29.3. The predicted molar refractivity (Wildman–Crippen MR) is 62.6 cm³/mol. The molecule has 0 spiro atoms. The van der Waals surface area contributed by atoms with Crippen LogP contribution < -0.4 is 5.32 Å². The van der Waals surface area contributed by atoms with E-state index in [9.17, 15) is 9.59 Å². The lowest BCUT2D eigenvalue weighted by molar-refractivity contribution is -0.138. The number of carboxylic acid groups (broad SMARTS) is 1. The highest BCUT2D eigenvalue weighted by Gasteiger charge is 2.32. The molecular weight excluding hydrogens is 220 g/mol. The SMILES string of the molecule is O=C(O)CC1CCN(C(=O)[C@@H]2CCCCN2)C1. The Morgan fingerprint density at radius 1 is 1.29 bits per heavy atom. The average molecular weight is 240 g/mol. The highest BCUT2D eigenvalue weighted by molar-refractivity contribution is 5.82. The molecule has 5 heteroatoms. The van der Waals surface area contributed by atoms with Crippen LogP contribution in [0.3, 0.4) is 0 Å². The Kier molecular flexibility index (Phi) is 3.99. The first-order valence-electron chi connectivity index (χ1n) is 6.41. The summed E-state index contributed by atoms with van der Waals surface area (Å²) in [6.45, 7) is 2.25. The van der Waals surface area contributed by atoms with E-state index in [-0.39, 0.29) is 24.3 Å². The highest BCUT2D eigenvalue weighted by Crippen LogP contribution is 2.21. The van der Waals surface area contributed by atoms with Crippen LogP contribution in [-0.2, 0) is 9.59 Å². The molecule has 2 fully saturated rings. The van der Waals surface area contributed by atoms with Crippen LogP contribution in [0.1, 0.15) is 32.1 Å². The molecule has 0 aliphatic carbocycles. The Morgan fingerprint density at radius 2 is 2.12 bits per heavy atom. The number of hydrogen-bond acceptors (Lipinski definition) is 3. The van der Waals surface area contributed by atoms with Gasteiger partial charge in [0.25, 0.3) is 0 Å². The summed E-state index contributed by atoms with van der Waals surface area (Å²) < 4.78 is 0. The second-order valence-electron chi connectivity index (χ2n) is 5.04. The van der Waals surface area contributed by atoms with E-state index in [4.69, 9.17) is 5.11 Å². The van der Waals surface area contributed by atoms with Crippen molar-refractivity contribution in [3.8, 4) is 0 Å². The topological polar surface area (TPSA) is 69.6 Å². The number of aliphatic carboxylic acids is 1. The smallest absolute Gasteiger partial charge is 0.303 e. The molecule has 5 nitrogen and oxygen atoms in total. The van der Waals surface area contributed by atoms with E-state index >= 15 is 0 Å². The third-order valence-electron chi connectivity index (χ3n) is 3.67. The number of hydrogen-bond donors (Lipinski definition) is 2. The lowest BCUT2D eigenvalue weighted by atomic mass is 10.0. The van der Waals surface area contributed by atoms with Gasteiger partial charge in [-0.15, -0.1) is 0 Å². The molecule has 2 rings (SSSR count). The highest BCUT2D eigenvalue weighted by atomic mass is 16.4. The number of piperidine rings is 1. The summed E-state index contributed by atoms with van der Waals surface area (Å²) in [6.07, 6.45) is 4.17. The van der Waals surface area contributed by atoms with E-state index in [1.54, 1.807) is 0 Å². The zero-order valence-electron chi connectivity index (χ0n) is 10.0. The molecule has 0 bridgehead atoms. The van der Waals surface area contributed by atoms with Crippen LogP contribution in [0.5, 0.6) is 0 Å². The third-order valence-corrected chi connectivity index (χ3v) is 3.67.